The third-order valence-corrected chi connectivity index (χ3v) is 2.32. The standard InChI is InChI=1S/C16H16/c1-5-13(3)14(4)12-15(6-2)16-10-8-7-9-11-16/h5-12H,1-4H2/b15-12+. The summed E-state index contributed by atoms with van der Waals surface area (Å²) in [6, 6.07) is 10.1. The van der Waals surface area contributed by atoms with Gasteiger partial charge < -0.3 is 0 Å². The average Bonchev–Trinajstić information content (AvgIpc) is 2.35. The SMILES string of the molecule is C=CC(=C)C(=C)/C=C(\C=C)c1ccccc1. The van der Waals surface area contributed by atoms with Gasteiger partial charge in [0.2, 0.25) is 0 Å². The van der Waals surface area contributed by atoms with Crippen LogP contribution in [0.5, 0.6) is 0 Å². The van der Waals surface area contributed by atoms with Gasteiger partial charge in [-0.25, -0.2) is 0 Å². The van der Waals surface area contributed by atoms with E-state index in [9.17, 15) is 0 Å². The first kappa shape index (κ1) is 12.0. The smallest absolute Gasteiger partial charge is 0.0184 e. The van der Waals surface area contributed by atoms with E-state index in [0.717, 1.165) is 22.3 Å². The van der Waals surface area contributed by atoms with Crippen LogP contribution in [0.4, 0.5) is 0 Å². The molecule has 0 heterocycles. The van der Waals surface area contributed by atoms with E-state index in [0.29, 0.717) is 0 Å². The van der Waals surface area contributed by atoms with E-state index in [-0.39, 0.29) is 0 Å². The summed E-state index contributed by atoms with van der Waals surface area (Å²) in [5, 5.41) is 0. The van der Waals surface area contributed by atoms with E-state index in [1.165, 1.54) is 0 Å². The molecule has 0 amide bonds. The fourth-order valence-electron chi connectivity index (χ4n) is 1.30. The van der Waals surface area contributed by atoms with Gasteiger partial charge in [-0.1, -0.05) is 68.8 Å². The van der Waals surface area contributed by atoms with E-state index in [4.69, 9.17) is 0 Å². The van der Waals surface area contributed by atoms with E-state index in [1.54, 1.807) is 6.08 Å². The first-order valence-electron chi connectivity index (χ1n) is 5.09. The van der Waals surface area contributed by atoms with Crippen molar-refractivity contribution < 1.29 is 0 Å². The summed E-state index contributed by atoms with van der Waals surface area (Å²) in [7, 11) is 0. The highest BCUT2D eigenvalue weighted by Gasteiger charge is 1.98. The molecule has 16 heavy (non-hydrogen) atoms. The number of hydrogen-bond donors (Lipinski definition) is 0. The van der Waals surface area contributed by atoms with Gasteiger partial charge in [-0.2, -0.15) is 0 Å². The second kappa shape index (κ2) is 5.72. The van der Waals surface area contributed by atoms with Crippen molar-refractivity contribution >= 4 is 5.57 Å². The minimum atomic E-state index is 0.829. The third kappa shape index (κ3) is 2.96. The summed E-state index contributed by atoms with van der Waals surface area (Å²) in [4.78, 5) is 0. The number of rotatable bonds is 5. The molecule has 0 aliphatic rings. The molecular weight excluding hydrogens is 192 g/mol. The Morgan fingerprint density at radius 1 is 0.875 bits per heavy atom. The lowest BCUT2D eigenvalue weighted by molar-refractivity contribution is 1.58. The molecule has 1 rings (SSSR count). The van der Waals surface area contributed by atoms with Gasteiger partial charge >= 0.3 is 0 Å². The lowest BCUT2D eigenvalue weighted by atomic mass is 10.0. The van der Waals surface area contributed by atoms with Gasteiger partial charge in [0.15, 0.2) is 0 Å². The molecular formula is C16H16. The molecule has 0 aliphatic carbocycles. The van der Waals surface area contributed by atoms with Gasteiger partial charge in [0.1, 0.15) is 0 Å². The van der Waals surface area contributed by atoms with E-state index >= 15 is 0 Å². The highest BCUT2D eigenvalue weighted by atomic mass is 14.0. The summed E-state index contributed by atoms with van der Waals surface area (Å²) in [6.07, 6.45) is 5.48. The van der Waals surface area contributed by atoms with Crippen molar-refractivity contribution in [1.82, 2.24) is 0 Å². The summed E-state index contributed by atoms with van der Waals surface area (Å²) in [5.41, 5.74) is 3.84. The topological polar surface area (TPSA) is 0 Å². The molecule has 0 radical (unpaired) electrons. The van der Waals surface area contributed by atoms with Crippen molar-refractivity contribution in [3.05, 3.63) is 91.6 Å². The van der Waals surface area contributed by atoms with Gasteiger partial charge in [0.25, 0.3) is 0 Å². The first-order chi connectivity index (χ1) is 7.69. The van der Waals surface area contributed by atoms with Crippen molar-refractivity contribution in [2.24, 2.45) is 0 Å². The van der Waals surface area contributed by atoms with Gasteiger partial charge in [-0.3, -0.25) is 0 Å². The number of benzene rings is 1. The van der Waals surface area contributed by atoms with Gasteiger partial charge in [0, 0.05) is 0 Å². The molecule has 0 fully saturated rings. The molecule has 0 unspecified atom stereocenters. The van der Waals surface area contributed by atoms with Crippen LogP contribution >= 0.6 is 0 Å². The van der Waals surface area contributed by atoms with Crippen LogP contribution in [-0.2, 0) is 0 Å². The molecule has 0 aromatic heterocycles. The normalized spacial score (nSPS) is 10.6. The minimum absolute atomic E-state index is 0.829. The van der Waals surface area contributed by atoms with Gasteiger partial charge in [-0.15, -0.1) is 0 Å². The summed E-state index contributed by atoms with van der Waals surface area (Å²) in [5.74, 6) is 0. The molecule has 0 saturated heterocycles. The third-order valence-electron chi connectivity index (χ3n) is 2.32. The quantitative estimate of drug-likeness (QED) is 0.622. The maximum atomic E-state index is 3.94. The molecule has 0 heteroatoms. The summed E-state index contributed by atoms with van der Waals surface area (Å²) >= 11 is 0. The monoisotopic (exact) mass is 208 g/mol. The molecule has 0 N–H and O–H groups in total. The zero-order valence-electron chi connectivity index (χ0n) is 9.45. The largest absolute Gasteiger partial charge is 0.0985 e. The maximum absolute atomic E-state index is 3.94. The Balaban J connectivity index is 3.04. The van der Waals surface area contributed by atoms with Crippen molar-refractivity contribution in [2.75, 3.05) is 0 Å². The zero-order chi connectivity index (χ0) is 12.0. The average molecular weight is 208 g/mol. The van der Waals surface area contributed by atoms with Crippen LogP contribution < -0.4 is 0 Å². The number of allylic oxidation sites excluding steroid dienone is 6. The van der Waals surface area contributed by atoms with Crippen molar-refractivity contribution in [2.45, 2.75) is 0 Å². The number of hydrogen-bond acceptors (Lipinski definition) is 0. The van der Waals surface area contributed by atoms with Gasteiger partial charge in [-0.05, 0) is 28.4 Å². The molecule has 0 nitrogen and oxygen atoms in total. The maximum Gasteiger partial charge on any atom is -0.0184 e. The Hall–Kier alpha value is -2.08. The molecule has 1 aromatic rings. The van der Waals surface area contributed by atoms with E-state index in [2.05, 4.69) is 26.3 Å². The van der Waals surface area contributed by atoms with Crippen LogP contribution in [-0.4, -0.2) is 0 Å². The molecule has 0 aliphatic heterocycles. The molecule has 0 atom stereocenters. The van der Waals surface area contributed by atoms with E-state index in [1.807, 2.05) is 42.5 Å². The van der Waals surface area contributed by atoms with Crippen molar-refractivity contribution in [3.8, 4) is 0 Å². The summed E-state index contributed by atoms with van der Waals surface area (Å²) in [6.45, 7) is 15.3. The fourth-order valence-corrected chi connectivity index (χ4v) is 1.30. The minimum Gasteiger partial charge on any atom is -0.0985 e. The van der Waals surface area contributed by atoms with Gasteiger partial charge in [0.05, 0.1) is 0 Å². The van der Waals surface area contributed by atoms with Crippen molar-refractivity contribution in [1.29, 1.82) is 0 Å². The molecule has 0 bridgehead atoms. The van der Waals surface area contributed by atoms with Crippen molar-refractivity contribution in [3.63, 3.8) is 0 Å². The summed E-state index contributed by atoms with van der Waals surface area (Å²) < 4.78 is 0. The lowest BCUT2D eigenvalue weighted by Crippen LogP contribution is -1.83. The Bertz CT molecular complexity index is 444. The second-order valence-electron chi connectivity index (χ2n) is 3.42. The molecule has 0 saturated carbocycles. The zero-order valence-corrected chi connectivity index (χ0v) is 9.45. The van der Waals surface area contributed by atoms with Crippen LogP contribution in [0.15, 0.2) is 86.0 Å². The van der Waals surface area contributed by atoms with Crippen LogP contribution in [0.25, 0.3) is 5.57 Å². The van der Waals surface area contributed by atoms with Crippen LogP contribution in [0.3, 0.4) is 0 Å². The lowest BCUT2D eigenvalue weighted by Gasteiger charge is -2.04. The second-order valence-corrected chi connectivity index (χ2v) is 3.42. The molecule has 80 valence electrons. The Kier molecular flexibility index (Phi) is 4.28. The first-order valence-corrected chi connectivity index (χ1v) is 5.09. The highest BCUT2D eigenvalue weighted by Crippen LogP contribution is 2.19. The predicted molar refractivity (Wildman–Crippen MR) is 73.1 cm³/mol. The Labute approximate surface area is 97.6 Å². The van der Waals surface area contributed by atoms with Crippen LogP contribution in [0, 0.1) is 0 Å². The fraction of sp³-hybridized carbons (Fsp3) is 0. The van der Waals surface area contributed by atoms with E-state index < -0.39 is 0 Å². The molecule has 0 spiro atoms. The highest BCUT2D eigenvalue weighted by molar-refractivity contribution is 5.76. The predicted octanol–water partition coefficient (Wildman–Crippen LogP) is 4.55. The molecule has 1 aromatic carbocycles. The Morgan fingerprint density at radius 2 is 1.50 bits per heavy atom. The van der Waals surface area contributed by atoms with Crippen LogP contribution in [0.1, 0.15) is 5.56 Å². The van der Waals surface area contributed by atoms with Crippen LogP contribution in [0.2, 0.25) is 0 Å². The Morgan fingerprint density at radius 3 is 2.00 bits per heavy atom.